The van der Waals surface area contributed by atoms with Crippen LogP contribution >= 0.6 is 11.3 Å². The van der Waals surface area contributed by atoms with Crippen molar-refractivity contribution in [3.8, 4) is 0 Å². The molecule has 2 N–H and O–H groups in total. The predicted octanol–water partition coefficient (Wildman–Crippen LogP) is 1.52. The highest BCUT2D eigenvalue weighted by Gasteiger charge is 2.13. The molecule has 0 fully saturated rings. The Kier molecular flexibility index (Phi) is 9.20. The second-order valence-electron chi connectivity index (χ2n) is 5.09. The maximum atomic E-state index is 11.7. The number of hydrogen-bond acceptors (Lipinski definition) is 4. The molecular weight excluding hydrogens is 332 g/mol. The first-order valence-corrected chi connectivity index (χ1v) is 10.5. The van der Waals surface area contributed by atoms with Crippen LogP contribution in [0, 0.1) is 0 Å². The van der Waals surface area contributed by atoms with Gasteiger partial charge in [-0.25, -0.2) is 12.7 Å². The molecule has 132 valence electrons. The molecule has 8 heteroatoms. The van der Waals surface area contributed by atoms with Crippen molar-refractivity contribution in [2.45, 2.75) is 26.7 Å². The summed E-state index contributed by atoms with van der Waals surface area (Å²) < 4.78 is 24.7. The summed E-state index contributed by atoms with van der Waals surface area (Å²) in [4.78, 5) is 5.84. The lowest BCUT2D eigenvalue weighted by atomic mass is 10.3. The van der Waals surface area contributed by atoms with Crippen molar-refractivity contribution in [1.82, 2.24) is 14.9 Å². The summed E-state index contributed by atoms with van der Waals surface area (Å²) >= 11 is 1.75. The van der Waals surface area contributed by atoms with Gasteiger partial charge in [0.25, 0.3) is 0 Å². The van der Waals surface area contributed by atoms with Gasteiger partial charge in [-0.1, -0.05) is 6.07 Å². The van der Waals surface area contributed by atoms with Crippen molar-refractivity contribution >= 4 is 27.3 Å². The first-order valence-electron chi connectivity index (χ1n) is 7.98. The third-order valence-electron chi connectivity index (χ3n) is 3.33. The summed E-state index contributed by atoms with van der Waals surface area (Å²) in [5.74, 6) is 0.921. The van der Waals surface area contributed by atoms with E-state index in [1.165, 1.54) is 9.18 Å². The molecule has 0 aliphatic heterocycles. The molecule has 0 bridgehead atoms. The summed E-state index contributed by atoms with van der Waals surface area (Å²) in [7, 11) is -1.48. The van der Waals surface area contributed by atoms with E-state index in [1.54, 1.807) is 25.3 Å². The molecule has 0 aromatic carbocycles. The summed E-state index contributed by atoms with van der Waals surface area (Å²) in [5.41, 5.74) is 0. The third kappa shape index (κ3) is 7.81. The molecule has 0 saturated carbocycles. The fourth-order valence-corrected chi connectivity index (χ4v) is 3.50. The zero-order valence-electron chi connectivity index (χ0n) is 14.2. The van der Waals surface area contributed by atoms with Crippen LogP contribution in [0.5, 0.6) is 0 Å². The maximum absolute atomic E-state index is 11.7. The minimum absolute atomic E-state index is 0.139. The lowest BCUT2D eigenvalue weighted by molar-refractivity contribution is 0.465. The highest BCUT2D eigenvalue weighted by molar-refractivity contribution is 7.89. The van der Waals surface area contributed by atoms with Crippen molar-refractivity contribution in [2.75, 3.05) is 39.0 Å². The van der Waals surface area contributed by atoms with Gasteiger partial charge < -0.3 is 10.6 Å². The molecule has 1 rings (SSSR count). The van der Waals surface area contributed by atoms with E-state index in [4.69, 9.17) is 0 Å². The Labute approximate surface area is 144 Å². The van der Waals surface area contributed by atoms with Gasteiger partial charge >= 0.3 is 0 Å². The second-order valence-corrected chi connectivity index (χ2v) is 8.49. The Morgan fingerprint density at radius 3 is 2.74 bits per heavy atom. The molecular formula is C15H28N4O2S2. The van der Waals surface area contributed by atoms with Gasteiger partial charge in [0.1, 0.15) is 0 Å². The van der Waals surface area contributed by atoms with Crippen molar-refractivity contribution in [1.29, 1.82) is 0 Å². The molecule has 1 aromatic rings. The highest BCUT2D eigenvalue weighted by atomic mass is 32.2. The van der Waals surface area contributed by atoms with Crippen LogP contribution in [-0.4, -0.2) is 57.7 Å². The van der Waals surface area contributed by atoms with Crippen molar-refractivity contribution < 1.29 is 8.42 Å². The maximum Gasteiger partial charge on any atom is 0.213 e. The Balaban J connectivity index is 2.33. The number of aliphatic imine (C=N–C) groups is 1. The Morgan fingerprint density at radius 1 is 1.35 bits per heavy atom. The van der Waals surface area contributed by atoms with Crippen molar-refractivity contribution in [3.63, 3.8) is 0 Å². The molecule has 0 spiro atoms. The topological polar surface area (TPSA) is 73.8 Å². The first-order chi connectivity index (χ1) is 11.0. The van der Waals surface area contributed by atoms with Crippen LogP contribution in [-0.2, 0) is 16.4 Å². The first kappa shape index (κ1) is 19.9. The van der Waals surface area contributed by atoms with Crippen LogP contribution in [0.2, 0.25) is 0 Å². The van der Waals surface area contributed by atoms with Gasteiger partial charge in [-0.15, -0.1) is 11.3 Å². The normalized spacial score (nSPS) is 12.6. The predicted molar refractivity (Wildman–Crippen MR) is 98.7 cm³/mol. The minimum atomic E-state index is -3.09. The molecule has 0 saturated heterocycles. The molecule has 0 amide bonds. The molecule has 0 unspecified atom stereocenters. The number of nitrogens with one attached hydrogen (secondary N) is 2. The van der Waals surface area contributed by atoms with Crippen molar-refractivity contribution in [2.24, 2.45) is 4.99 Å². The summed E-state index contributed by atoms with van der Waals surface area (Å²) in [6.45, 7) is 6.40. The molecule has 1 heterocycles. The fraction of sp³-hybridized carbons (Fsp3) is 0.667. The van der Waals surface area contributed by atoms with Crippen LogP contribution < -0.4 is 10.6 Å². The number of thiophene rings is 1. The average molecular weight is 361 g/mol. The van der Waals surface area contributed by atoms with Crippen LogP contribution in [0.4, 0.5) is 0 Å². The third-order valence-corrected chi connectivity index (χ3v) is 6.13. The van der Waals surface area contributed by atoms with E-state index < -0.39 is 10.0 Å². The highest BCUT2D eigenvalue weighted by Crippen LogP contribution is 2.07. The van der Waals surface area contributed by atoms with Gasteiger partial charge in [0, 0.05) is 38.1 Å². The van der Waals surface area contributed by atoms with E-state index in [9.17, 15) is 8.42 Å². The summed E-state index contributed by atoms with van der Waals surface area (Å²) in [6, 6.07) is 4.18. The Morgan fingerprint density at radius 2 is 2.13 bits per heavy atom. The van der Waals surface area contributed by atoms with Crippen molar-refractivity contribution in [3.05, 3.63) is 22.4 Å². The average Bonchev–Trinajstić information content (AvgIpc) is 3.04. The van der Waals surface area contributed by atoms with E-state index in [0.29, 0.717) is 19.5 Å². The number of hydrogen-bond donors (Lipinski definition) is 2. The number of guanidine groups is 1. The van der Waals surface area contributed by atoms with E-state index >= 15 is 0 Å². The molecule has 0 radical (unpaired) electrons. The van der Waals surface area contributed by atoms with E-state index in [-0.39, 0.29) is 5.75 Å². The van der Waals surface area contributed by atoms with E-state index in [0.717, 1.165) is 25.5 Å². The molecule has 0 aliphatic rings. The van der Waals surface area contributed by atoms with Gasteiger partial charge in [0.2, 0.25) is 10.0 Å². The smallest absolute Gasteiger partial charge is 0.213 e. The molecule has 0 atom stereocenters. The molecule has 0 aliphatic carbocycles. The quantitative estimate of drug-likeness (QED) is 0.377. The SMILES string of the molecule is CCNC(=NCCCN(C)S(=O)(=O)CC)NCCc1cccs1. The zero-order valence-corrected chi connectivity index (χ0v) is 15.8. The Bertz CT molecular complexity index is 556. The lowest BCUT2D eigenvalue weighted by Gasteiger charge is -2.15. The van der Waals surface area contributed by atoms with Crippen LogP contribution in [0.3, 0.4) is 0 Å². The summed E-state index contributed by atoms with van der Waals surface area (Å²) in [5, 5.41) is 8.58. The minimum Gasteiger partial charge on any atom is -0.357 e. The van der Waals surface area contributed by atoms with E-state index in [1.807, 2.05) is 6.92 Å². The lowest BCUT2D eigenvalue weighted by Crippen LogP contribution is -2.38. The second kappa shape index (κ2) is 10.6. The van der Waals surface area contributed by atoms with Gasteiger partial charge in [0.05, 0.1) is 5.75 Å². The molecule has 6 nitrogen and oxygen atoms in total. The standard InChI is InChI=1S/C15H28N4O2S2/c1-4-16-15(18-11-9-14-8-6-13-22-14)17-10-7-12-19(3)23(20,21)5-2/h6,8,13H,4-5,7,9-12H2,1-3H3,(H2,16,17,18). The summed E-state index contributed by atoms with van der Waals surface area (Å²) in [6.07, 6.45) is 1.68. The number of sulfonamides is 1. The number of rotatable bonds is 10. The van der Waals surface area contributed by atoms with E-state index in [2.05, 4.69) is 33.1 Å². The van der Waals surface area contributed by atoms with Gasteiger partial charge in [-0.05, 0) is 38.1 Å². The fourth-order valence-electron chi connectivity index (χ4n) is 1.94. The van der Waals surface area contributed by atoms with Gasteiger partial charge in [0.15, 0.2) is 5.96 Å². The largest absolute Gasteiger partial charge is 0.357 e. The number of nitrogens with zero attached hydrogens (tertiary/aromatic N) is 2. The van der Waals surface area contributed by atoms with Crippen LogP contribution in [0.25, 0.3) is 0 Å². The molecule has 1 aromatic heterocycles. The Hall–Kier alpha value is -1.12. The molecule has 23 heavy (non-hydrogen) atoms. The van der Waals surface area contributed by atoms with Crippen LogP contribution in [0.15, 0.2) is 22.5 Å². The van der Waals surface area contributed by atoms with Gasteiger partial charge in [-0.3, -0.25) is 4.99 Å². The monoisotopic (exact) mass is 360 g/mol. The van der Waals surface area contributed by atoms with Crippen LogP contribution in [0.1, 0.15) is 25.1 Å². The zero-order chi connectivity index (χ0) is 17.1. The van der Waals surface area contributed by atoms with Gasteiger partial charge in [-0.2, -0.15) is 0 Å².